The molecule has 0 aliphatic heterocycles. The summed E-state index contributed by atoms with van der Waals surface area (Å²) < 4.78 is 18.4. The van der Waals surface area contributed by atoms with Crippen LogP contribution in [-0.2, 0) is 0 Å². The van der Waals surface area contributed by atoms with Gasteiger partial charge in [-0.05, 0) is 42.8 Å². The van der Waals surface area contributed by atoms with Crippen molar-refractivity contribution in [1.82, 2.24) is 0 Å². The van der Waals surface area contributed by atoms with Crippen LogP contribution in [0.25, 0.3) is 0 Å². The predicted molar refractivity (Wildman–Crippen MR) is 66.8 cm³/mol. The minimum Gasteiger partial charge on any atom is -0.455 e. The Bertz CT molecular complexity index is 632. The zero-order valence-electron chi connectivity index (χ0n) is 9.77. The number of nitrogen functional groups attached to an aromatic ring is 1. The Morgan fingerprint density at radius 2 is 2.00 bits per heavy atom. The van der Waals surface area contributed by atoms with Crippen LogP contribution in [0.3, 0.4) is 0 Å². The molecule has 0 bridgehead atoms. The first-order valence-electron chi connectivity index (χ1n) is 5.34. The molecule has 0 spiro atoms. The third kappa shape index (κ3) is 2.41. The van der Waals surface area contributed by atoms with Gasteiger partial charge in [0.1, 0.15) is 11.6 Å². The van der Waals surface area contributed by atoms with Gasteiger partial charge >= 0.3 is 0 Å². The number of rotatable bonds is 2. The number of nitrogens with two attached hydrogens (primary N) is 1. The number of benzene rings is 2. The Morgan fingerprint density at radius 1 is 1.22 bits per heavy atom. The van der Waals surface area contributed by atoms with Crippen molar-refractivity contribution in [2.45, 2.75) is 6.92 Å². The number of hydrogen-bond donors (Lipinski definition) is 1. The largest absolute Gasteiger partial charge is 0.455 e. The molecule has 0 amide bonds. The third-order valence-corrected chi connectivity index (χ3v) is 2.52. The SMILES string of the molecule is Cc1cc(Oc2ccc(F)cc2N)ccc1C#N. The number of halogens is 1. The molecule has 2 aromatic carbocycles. The fourth-order valence-electron chi connectivity index (χ4n) is 1.56. The van der Waals surface area contributed by atoms with Crippen LogP contribution >= 0.6 is 0 Å². The van der Waals surface area contributed by atoms with Crippen LogP contribution in [0.15, 0.2) is 36.4 Å². The lowest BCUT2D eigenvalue weighted by atomic mass is 10.1. The maximum atomic E-state index is 12.9. The summed E-state index contributed by atoms with van der Waals surface area (Å²) in [6.45, 7) is 1.82. The lowest BCUT2D eigenvalue weighted by molar-refractivity contribution is 0.482. The number of aryl methyl sites for hydroxylation is 1. The minimum absolute atomic E-state index is 0.233. The van der Waals surface area contributed by atoms with Gasteiger partial charge in [0.2, 0.25) is 0 Å². The summed E-state index contributed by atoms with van der Waals surface area (Å²) in [5.74, 6) is 0.543. The molecule has 3 nitrogen and oxygen atoms in total. The second-order valence-electron chi connectivity index (χ2n) is 3.87. The Kier molecular flexibility index (Phi) is 3.16. The van der Waals surface area contributed by atoms with Crippen molar-refractivity contribution >= 4 is 5.69 Å². The summed E-state index contributed by atoms with van der Waals surface area (Å²) in [5.41, 5.74) is 7.29. The van der Waals surface area contributed by atoms with Crippen molar-refractivity contribution in [2.75, 3.05) is 5.73 Å². The highest BCUT2D eigenvalue weighted by Crippen LogP contribution is 2.28. The lowest BCUT2D eigenvalue weighted by Crippen LogP contribution is -1.93. The number of nitrogens with zero attached hydrogens (tertiary/aromatic N) is 1. The molecule has 0 saturated heterocycles. The number of ether oxygens (including phenoxy) is 1. The first-order chi connectivity index (χ1) is 8.60. The third-order valence-electron chi connectivity index (χ3n) is 2.52. The van der Waals surface area contributed by atoms with Crippen molar-refractivity contribution in [3.05, 3.63) is 53.3 Å². The predicted octanol–water partition coefficient (Wildman–Crippen LogP) is 3.38. The summed E-state index contributed by atoms with van der Waals surface area (Å²) in [6, 6.07) is 11.1. The monoisotopic (exact) mass is 242 g/mol. The second-order valence-corrected chi connectivity index (χ2v) is 3.87. The molecule has 0 aliphatic rings. The van der Waals surface area contributed by atoms with E-state index in [1.54, 1.807) is 18.2 Å². The van der Waals surface area contributed by atoms with E-state index in [1.165, 1.54) is 18.2 Å². The van der Waals surface area contributed by atoms with Gasteiger partial charge in [-0.2, -0.15) is 5.26 Å². The molecule has 90 valence electrons. The highest BCUT2D eigenvalue weighted by molar-refractivity contribution is 5.54. The second kappa shape index (κ2) is 4.76. The topological polar surface area (TPSA) is 59.0 Å². The van der Waals surface area contributed by atoms with Gasteiger partial charge in [-0.15, -0.1) is 0 Å². The van der Waals surface area contributed by atoms with E-state index in [0.29, 0.717) is 17.1 Å². The quantitative estimate of drug-likeness (QED) is 0.821. The molecule has 0 saturated carbocycles. The standard InChI is InChI=1S/C14H11FN2O/c1-9-6-12(4-2-10(9)8-16)18-14-5-3-11(15)7-13(14)17/h2-7H,17H2,1H3. The summed E-state index contributed by atoms with van der Waals surface area (Å²) in [4.78, 5) is 0. The van der Waals surface area contributed by atoms with Gasteiger partial charge in [0.15, 0.2) is 5.75 Å². The maximum absolute atomic E-state index is 12.9. The van der Waals surface area contributed by atoms with Crippen molar-refractivity contribution in [2.24, 2.45) is 0 Å². The minimum atomic E-state index is -0.407. The normalized spacial score (nSPS) is 9.83. The Morgan fingerprint density at radius 3 is 2.61 bits per heavy atom. The molecule has 2 N–H and O–H groups in total. The van der Waals surface area contributed by atoms with Gasteiger partial charge in [0, 0.05) is 6.07 Å². The van der Waals surface area contributed by atoms with Gasteiger partial charge in [-0.3, -0.25) is 0 Å². The molecular formula is C14H11FN2O. The molecule has 0 radical (unpaired) electrons. The summed E-state index contributed by atoms with van der Waals surface area (Å²) >= 11 is 0. The fraction of sp³-hybridized carbons (Fsp3) is 0.0714. The lowest BCUT2D eigenvalue weighted by Gasteiger charge is -2.09. The highest BCUT2D eigenvalue weighted by atomic mass is 19.1. The van der Waals surface area contributed by atoms with Crippen LogP contribution in [0.2, 0.25) is 0 Å². The molecule has 0 fully saturated rings. The Hall–Kier alpha value is -2.54. The maximum Gasteiger partial charge on any atom is 0.150 e. The van der Waals surface area contributed by atoms with Crippen molar-refractivity contribution in [3.8, 4) is 17.6 Å². The van der Waals surface area contributed by atoms with Gasteiger partial charge < -0.3 is 10.5 Å². The summed E-state index contributed by atoms with van der Waals surface area (Å²) in [5, 5.41) is 8.82. The number of anilines is 1. The van der Waals surface area contributed by atoms with E-state index in [4.69, 9.17) is 15.7 Å². The van der Waals surface area contributed by atoms with Gasteiger partial charge in [0.25, 0.3) is 0 Å². The molecule has 0 aliphatic carbocycles. The molecule has 2 aromatic rings. The molecule has 18 heavy (non-hydrogen) atoms. The first kappa shape index (κ1) is 11.9. The van der Waals surface area contributed by atoms with Gasteiger partial charge in [0.05, 0.1) is 17.3 Å². The Balaban J connectivity index is 2.29. The van der Waals surface area contributed by atoms with E-state index in [-0.39, 0.29) is 5.69 Å². The summed E-state index contributed by atoms with van der Waals surface area (Å²) in [7, 11) is 0. The van der Waals surface area contributed by atoms with Crippen LogP contribution in [0, 0.1) is 24.1 Å². The van der Waals surface area contributed by atoms with Crippen molar-refractivity contribution in [3.63, 3.8) is 0 Å². The number of nitriles is 1. The van der Waals surface area contributed by atoms with E-state index < -0.39 is 5.82 Å². The van der Waals surface area contributed by atoms with E-state index in [0.717, 1.165) is 5.56 Å². The van der Waals surface area contributed by atoms with E-state index in [1.807, 2.05) is 6.92 Å². The van der Waals surface area contributed by atoms with Crippen LogP contribution in [0.4, 0.5) is 10.1 Å². The molecule has 0 heterocycles. The smallest absolute Gasteiger partial charge is 0.150 e. The molecule has 4 heteroatoms. The summed E-state index contributed by atoms with van der Waals surface area (Å²) in [6.07, 6.45) is 0. The number of hydrogen-bond acceptors (Lipinski definition) is 3. The van der Waals surface area contributed by atoms with E-state index in [2.05, 4.69) is 6.07 Å². The van der Waals surface area contributed by atoms with Crippen molar-refractivity contribution in [1.29, 1.82) is 5.26 Å². The zero-order valence-corrected chi connectivity index (χ0v) is 9.77. The van der Waals surface area contributed by atoms with Gasteiger partial charge in [-0.25, -0.2) is 4.39 Å². The first-order valence-corrected chi connectivity index (χ1v) is 5.34. The van der Waals surface area contributed by atoms with Gasteiger partial charge in [-0.1, -0.05) is 0 Å². The fourth-order valence-corrected chi connectivity index (χ4v) is 1.56. The average molecular weight is 242 g/mol. The van der Waals surface area contributed by atoms with E-state index in [9.17, 15) is 4.39 Å². The van der Waals surface area contributed by atoms with E-state index >= 15 is 0 Å². The van der Waals surface area contributed by atoms with Crippen LogP contribution in [0.1, 0.15) is 11.1 Å². The molecule has 0 atom stereocenters. The Labute approximate surface area is 104 Å². The average Bonchev–Trinajstić information content (AvgIpc) is 2.33. The molecule has 2 rings (SSSR count). The molecular weight excluding hydrogens is 231 g/mol. The van der Waals surface area contributed by atoms with Crippen LogP contribution in [-0.4, -0.2) is 0 Å². The van der Waals surface area contributed by atoms with Crippen molar-refractivity contribution < 1.29 is 9.13 Å². The highest BCUT2D eigenvalue weighted by Gasteiger charge is 2.05. The molecule has 0 aromatic heterocycles. The van der Waals surface area contributed by atoms with Crippen LogP contribution in [0.5, 0.6) is 11.5 Å². The zero-order chi connectivity index (χ0) is 13.1. The molecule has 0 unspecified atom stereocenters. The van der Waals surface area contributed by atoms with Crippen LogP contribution < -0.4 is 10.5 Å².